The summed E-state index contributed by atoms with van der Waals surface area (Å²) >= 11 is 1.63. The number of rotatable bonds is 6. The van der Waals surface area contributed by atoms with Crippen molar-refractivity contribution in [3.63, 3.8) is 0 Å². The highest BCUT2D eigenvalue weighted by atomic mass is 32.1. The summed E-state index contributed by atoms with van der Waals surface area (Å²) in [5, 5.41) is 13.2. The number of carbonyl (C=O) groups excluding carboxylic acids is 1. The van der Waals surface area contributed by atoms with Crippen molar-refractivity contribution in [2.24, 2.45) is 0 Å². The molecule has 0 amide bonds. The predicted octanol–water partition coefficient (Wildman–Crippen LogP) is 3.14. The molecule has 0 fully saturated rings. The van der Waals surface area contributed by atoms with Gasteiger partial charge in [0.1, 0.15) is 11.0 Å². The van der Waals surface area contributed by atoms with Gasteiger partial charge in [0.2, 0.25) is 0 Å². The summed E-state index contributed by atoms with van der Waals surface area (Å²) in [7, 11) is 1.36. The molecule has 0 radical (unpaired) electrons. The molecule has 0 aliphatic heterocycles. The summed E-state index contributed by atoms with van der Waals surface area (Å²) in [4.78, 5) is 17.8. The van der Waals surface area contributed by atoms with Crippen molar-refractivity contribution in [3.05, 3.63) is 51.5 Å². The van der Waals surface area contributed by atoms with Crippen molar-refractivity contribution in [1.82, 2.24) is 10.3 Å². The Bertz CT molecular complexity index is 721. The number of nitriles is 1. The number of carbonyl (C=O) groups is 1. The molecule has 1 aromatic carbocycles. The molecule has 23 heavy (non-hydrogen) atoms. The lowest BCUT2D eigenvalue weighted by Gasteiger charge is -2.20. The van der Waals surface area contributed by atoms with E-state index in [2.05, 4.69) is 23.3 Å². The topological polar surface area (TPSA) is 75.0 Å². The van der Waals surface area contributed by atoms with Gasteiger partial charge < -0.3 is 4.74 Å². The van der Waals surface area contributed by atoms with Crippen LogP contribution in [0.5, 0.6) is 0 Å². The first kappa shape index (κ1) is 17.1. The number of benzene rings is 1. The Kier molecular flexibility index (Phi) is 5.85. The Labute approximate surface area is 139 Å². The maximum atomic E-state index is 12.2. The third-order valence-corrected chi connectivity index (χ3v) is 4.82. The minimum absolute atomic E-state index is 0.102. The summed E-state index contributed by atoms with van der Waals surface area (Å²) in [6.45, 7) is 4.04. The van der Waals surface area contributed by atoms with Gasteiger partial charge in [-0.15, -0.1) is 11.3 Å². The number of nitrogens with one attached hydrogen (secondary N) is 1. The van der Waals surface area contributed by atoms with E-state index in [1.807, 2.05) is 19.2 Å². The zero-order valence-corrected chi connectivity index (χ0v) is 14.2. The fraction of sp³-hybridized carbons (Fsp3) is 0.353. The molecule has 0 bridgehead atoms. The van der Waals surface area contributed by atoms with Gasteiger partial charge in [-0.3, -0.25) is 5.32 Å². The van der Waals surface area contributed by atoms with E-state index in [1.54, 1.807) is 29.5 Å². The van der Waals surface area contributed by atoms with E-state index >= 15 is 0 Å². The number of nitrogens with zero attached hydrogens (tertiary/aromatic N) is 2. The molecule has 0 saturated heterocycles. The number of thiazole rings is 1. The minimum Gasteiger partial charge on any atom is -0.468 e. The summed E-state index contributed by atoms with van der Waals surface area (Å²) in [6, 6.07) is 8.31. The number of aryl methyl sites for hydroxylation is 1. The zero-order valence-electron chi connectivity index (χ0n) is 13.4. The molecule has 120 valence electrons. The van der Waals surface area contributed by atoms with E-state index < -0.39 is 6.04 Å². The molecule has 0 saturated carbocycles. The van der Waals surface area contributed by atoms with E-state index in [-0.39, 0.29) is 12.0 Å². The number of esters is 1. The minimum atomic E-state index is -0.641. The highest BCUT2D eigenvalue weighted by Gasteiger charge is 2.25. The summed E-state index contributed by atoms with van der Waals surface area (Å²) in [6.07, 6.45) is 2.80. The SMILES string of the molecule is CCc1cnc([C@@H](C)N[C@H](C(=O)OC)c2cccc(C#N)c2)s1. The van der Waals surface area contributed by atoms with Gasteiger partial charge in [-0.25, -0.2) is 9.78 Å². The number of aromatic nitrogens is 1. The molecule has 0 unspecified atom stereocenters. The quantitative estimate of drug-likeness (QED) is 0.824. The molecular formula is C17H19N3O2S. The number of ether oxygens (including phenoxy) is 1. The first-order chi connectivity index (χ1) is 11.1. The molecule has 1 N–H and O–H groups in total. The molecule has 0 aliphatic carbocycles. The first-order valence-corrected chi connectivity index (χ1v) is 8.19. The van der Waals surface area contributed by atoms with Crippen molar-refractivity contribution in [3.8, 4) is 6.07 Å². The van der Waals surface area contributed by atoms with Gasteiger partial charge in [-0.2, -0.15) is 5.26 Å². The molecule has 5 nitrogen and oxygen atoms in total. The van der Waals surface area contributed by atoms with E-state index in [4.69, 9.17) is 10.00 Å². The number of methoxy groups -OCH3 is 1. The van der Waals surface area contributed by atoms with Crippen LogP contribution < -0.4 is 5.32 Å². The Morgan fingerprint density at radius 3 is 2.91 bits per heavy atom. The maximum Gasteiger partial charge on any atom is 0.327 e. The lowest BCUT2D eigenvalue weighted by molar-refractivity contribution is -0.143. The van der Waals surface area contributed by atoms with Crippen LogP contribution in [0.2, 0.25) is 0 Å². The molecule has 2 rings (SSSR count). The van der Waals surface area contributed by atoms with E-state index in [0.717, 1.165) is 11.4 Å². The normalized spacial score (nSPS) is 13.1. The van der Waals surface area contributed by atoms with Crippen molar-refractivity contribution in [2.75, 3.05) is 7.11 Å². The van der Waals surface area contributed by atoms with Crippen molar-refractivity contribution >= 4 is 17.3 Å². The second-order valence-electron chi connectivity index (χ2n) is 5.10. The zero-order chi connectivity index (χ0) is 16.8. The van der Waals surface area contributed by atoms with Crippen LogP contribution in [0.1, 0.15) is 46.9 Å². The van der Waals surface area contributed by atoms with Gasteiger partial charge in [0, 0.05) is 11.1 Å². The van der Waals surface area contributed by atoms with E-state index in [1.165, 1.54) is 12.0 Å². The van der Waals surface area contributed by atoms with Gasteiger partial charge in [0.15, 0.2) is 0 Å². The fourth-order valence-electron chi connectivity index (χ4n) is 2.21. The Morgan fingerprint density at radius 1 is 1.52 bits per heavy atom. The van der Waals surface area contributed by atoms with Gasteiger partial charge in [-0.1, -0.05) is 19.1 Å². The number of hydrogen-bond donors (Lipinski definition) is 1. The summed E-state index contributed by atoms with van der Waals surface area (Å²) in [5.74, 6) is -0.390. The van der Waals surface area contributed by atoms with Crippen LogP contribution >= 0.6 is 11.3 Å². The van der Waals surface area contributed by atoms with Crippen LogP contribution in [-0.4, -0.2) is 18.1 Å². The molecule has 0 spiro atoms. The predicted molar refractivity (Wildman–Crippen MR) is 89.0 cm³/mol. The lowest BCUT2D eigenvalue weighted by Crippen LogP contribution is -2.31. The van der Waals surface area contributed by atoms with Crippen LogP contribution in [0.3, 0.4) is 0 Å². The lowest BCUT2D eigenvalue weighted by atomic mass is 10.0. The Hall–Kier alpha value is -2.23. The van der Waals surface area contributed by atoms with Crippen LogP contribution in [-0.2, 0) is 16.0 Å². The van der Waals surface area contributed by atoms with Crippen molar-refractivity contribution < 1.29 is 9.53 Å². The van der Waals surface area contributed by atoms with E-state index in [0.29, 0.717) is 11.1 Å². The number of hydrogen-bond acceptors (Lipinski definition) is 6. The second-order valence-corrected chi connectivity index (χ2v) is 6.25. The summed E-state index contributed by atoms with van der Waals surface area (Å²) < 4.78 is 4.90. The average Bonchev–Trinajstić information content (AvgIpc) is 3.08. The third-order valence-electron chi connectivity index (χ3n) is 3.49. The molecule has 1 heterocycles. The van der Waals surface area contributed by atoms with Crippen LogP contribution in [0.15, 0.2) is 30.5 Å². The second kappa shape index (κ2) is 7.86. The van der Waals surface area contributed by atoms with E-state index in [9.17, 15) is 4.79 Å². The van der Waals surface area contributed by atoms with Crippen LogP contribution in [0, 0.1) is 11.3 Å². The third kappa shape index (κ3) is 4.15. The maximum absolute atomic E-state index is 12.2. The van der Waals surface area contributed by atoms with Gasteiger partial charge in [-0.05, 0) is 31.0 Å². The molecule has 0 aliphatic rings. The van der Waals surface area contributed by atoms with Crippen LogP contribution in [0.25, 0.3) is 0 Å². The van der Waals surface area contributed by atoms with Gasteiger partial charge >= 0.3 is 5.97 Å². The van der Waals surface area contributed by atoms with Gasteiger partial charge in [0.25, 0.3) is 0 Å². The highest BCUT2D eigenvalue weighted by Crippen LogP contribution is 2.25. The molecule has 2 atom stereocenters. The smallest absolute Gasteiger partial charge is 0.327 e. The van der Waals surface area contributed by atoms with Crippen LogP contribution in [0.4, 0.5) is 0 Å². The first-order valence-electron chi connectivity index (χ1n) is 7.37. The average molecular weight is 329 g/mol. The Balaban J connectivity index is 2.25. The summed E-state index contributed by atoms with van der Waals surface area (Å²) in [5.41, 5.74) is 1.21. The van der Waals surface area contributed by atoms with Crippen molar-refractivity contribution in [1.29, 1.82) is 5.26 Å². The standard InChI is InChI=1S/C17H19N3O2S/c1-4-14-10-19-16(23-14)11(2)20-15(17(21)22-3)13-7-5-6-12(8-13)9-18/h5-8,10-11,15,20H,4H2,1-3H3/t11-,15+/m1/s1. The van der Waals surface area contributed by atoms with Gasteiger partial charge in [0.05, 0.1) is 24.8 Å². The fourth-order valence-corrected chi connectivity index (χ4v) is 3.08. The highest BCUT2D eigenvalue weighted by molar-refractivity contribution is 7.11. The molecular weight excluding hydrogens is 310 g/mol. The molecule has 6 heteroatoms. The molecule has 1 aromatic heterocycles. The van der Waals surface area contributed by atoms with Crippen molar-refractivity contribution in [2.45, 2.75) is 32.4 Å². The Morgan fingerprint density at radius 2 is 2.30 bits per heavy atom. The largest absolute Gasteiger partial charge is 0.468 e. The molecule has 2 aromatic rings. The monoisotopic (exact) mass is 329 g/mol.